The first kappa shape index (κ1) is 23.5. The highest BCUT2D eigenvalue weighted by atomic mass is 19.1. The molecule has 0 saturated carbocycles. The van der Waals surface area contributed by atoms with Crippen molar-refractivity contribution >= 4 is 23.2 Å². The third kappa shape index (κ3) is 5.47. The monoisotopic (exact) mass is 474 g/mol. The van der Waals surface area contributed by atoms with Crippen molar-refractivity contribution in [2.24, 2.45) is 0 Å². The maximum Gasteiger partial charge on any atom is 0.279 e. The second kappa shape index (κ2) is 10.5. The molecule has 0 fully saturated rings. The van der Waals surface area contributed by atoms with Gasteiger partial charge in [-0.25, -0.2) is 13.8 Å². The number of carbonyl (C=O) groups excluding carboxylic acids is 2. The molecule has 0 saturated heterocycles. The van der Waals surface area contributed by atoms with Gasteiger partial charge in [0.05, 0.1) is 13.3 Å². The molecule has 9 heteroatoms. The Hall–Kier alpha value is -4.66. The fourth-order valence-electron chi connectivity index (χ4n) is 3.48. The standard InChI is InChI=1S/C26H20F2N4O3/c1-35-22-4-2-3-21(15-22)32(26(34)23-16-29-13-14-30-23)24(17-5-7-18(27)8-6-17)25(33)31-20-11-9-19(28)10-12-20/h2-16,24H,1H3,(H,31,33). The summed E-state index contributed by atoms with van der Waals surface area (Å²) in [4.78, 5) is 36.6. The Morgan fingerprint density at radius 3 is 2.26 bits per heavy atom. The zero-order chi connectivity index (χ0) is 24.8. The molecule has 0 bridgehead atoms. The predicted octanol–water partition coefficient (Wildman–Crippen LogP) is 4.79. The Balaban J connectivity index is 1.85. The fourth-order valence-corrected chi connectivity index (χ4v) is 3.48. The number of halogens is 2. The van der Waals surface area contributed by atoms with Crippen molar-refractivity contribution in [2.45, 2.75) is 6.04 Å². The first-order valence-corrected chi connectivity index (χ1v) is 10.5. The Morgan fingerprint density at radius 2 is 1.63 bits per heavy atom. The van der Waals surface area contributed by atoms with Crippen LogP contribution in [0.2, 0.25) is 0 Å². The van der Waals surface area contributed by atoms with Gasteiger partial charge in [-0.05, 0) is 54.1 Å². The SMILES string of the molecule is COc1cccc(N(C(=O)c2cnccn2)C(C(=O)Nc2ccc(F)cc2)c2ccc(F)cc2)c1. The normalized spacial score (nSPS) is 11.4. The number of hydrogen-bond acceptors (Lipinski definition) is 5. The van der Waals surface area contributed by atoms with Gasteiger partial charge in [0.1, 0.15) is 29.1 Å². The van der Waals surface area contributed by atoms with Crippen LogP contribution in [-0.2, 0) is 4.79 Å². The number of ether oxygens (including phenoxy) is 1. The van der Waals surface area contributed by atoms with E-state index in [1.54, 1.807) is 24.3 Å². The molecule has 4 aromatic rings. The molecule has 1 N–H and O–H groups in total. The van der Waals surface area contributed by atoms with Crippen LogP contribution in [0.4, 0.5) is 20.2 Å². The van der Waals surface area contributed by atoms with Crippen molar-refractivity contribution < 1.29 is 23.1 Å². The first-order chi connectivity index (χ1) is 17.0. The summed E-state index contributed by atoms with van der Waals surface area (Å²) in [6, 6.07) is 15.8. The molecule has 1 unspecified atom stereocenters. The Morgan fingerprint density at radius 1 is 0.943 bits per heavy atom. The number of anilines is 2. The van der Waals surface area contributed by atoms with Gasteiger partial charge in [0.25, 0.3) is 11.8 Å². The smallest absolute Gasteiger partial charge is 0.279 e. The minimum atomic E-state index is -1.25. The molecule has 35 heavy (non-hydrogen) atoms. The predicted molar refractivity (Wildman–Crippen MR) is 126 cm³/mol. The number of aromatic nitrogens is 2. The van der Waals surface area contributed by atoms with E-state index < -0.39 is 29.5 Å². The minimum absolute atomic E-state index is 0.00277. The van der Waals surface area contributed by atoms with Crippen molar-refractivity contribution in [3.8, 4) is 5.75 Å². The quantitative estimate of drug-likeness (QED) is 0.416. The van der Waals surface area contributed by atoms with E-state index in [4.69, 9.17) is 4.74 Å². The molecule has 1 aromatic heterocycles. The van der Waals surface area contributed by atoms with E-state index in [0.29, 0.717) is 22.7 Å². The van der Waals surface area contributed by atoms with Gasteiger partial charge in [0.2, 0.25) is 0 Å². The van der Waals surface area contributed by atoms with Crippen LogP contribution in [0, 0.1) is 11.6 Å². The van der Waals surface area contributed by atoms with Crippen molar-refractivity contribution in [1.29, 1.82) is 0 Å². The number of carbonyl (C=O) groups is 2. The van der Waals surface area contributed by atoms with Gasteiger partial charge in [0, 0.05) is 29.8 Å². The molecule has 2 amide bonds. The summed E-state index contributed by atoms with van der Waals surface area (Å²) in [6.07, 6.45) is 4.07. The zero-order valence-corrected chi connectivity index (χ0v) is 18.6. The summed E-state index contributed by atoms with van der Waals surface area (Å²) in [6.45, 7) is 0. The molecule has 176 valence electrons. The van der Waals surface area contributed by atoms with Crippen LogP contribution in [0.5, 0.6) is 5.75 Å². The fraction of sp³-hybridized carbons (Fsp3) is 0.0769. The highest BCUT2D eigenvalue weighted by Gasteiger charge is 2.34. The van der Waals surface area contributed by atoms with Gasteiger partial charge >= 0.3 is 0 Å². The lowest BCUT2D eigenvalue weighted by molar-refractivity contribution is -0.117. The second-order valence-electron chi connectivity index (χ2n) is 7.42. The summed E-state index contributed by atoms with van der Waals surface area (Å²) in [5.74, 6) is -1.73. The molecule has 0 aliphatic carbocycles. The summed E-state index contributed by atoms with van der Waals surface area (Å²) in [7, 11) is 1.48. The zero-order valence-electron chi connectivity index (χ0n) is 18.6. The molecule has 7 nitrogen and oxygen atoms in total. The summed E-state index contributed by atoms with van der Waals surface area (Å²) in [5, 5.41) is 2.71. The van der Waals surface area contributed by atoms with Crippen molar-refractivity contribution in [1.82, 2.24) is 9.97 Å². The number of rotatable bonds is 7. The van der Waals surface area contributed by atoms with E-state index in [-0.39, 0.29) is 5.69 Å². The molecular formula is C26H20F2N4O3. The molecule has 0 aliphatic rings. The van der Waals surface area contributed by atoms with Gasteiger partial charge < -0.3 is 10.1 Å². The van der Waals surface area contributed by atoms with E-state index >= 15 is 0 Å². The topological polar surface area (TPSA) is 84.4 Å². The number of nitrogens with one attached hydrogen (secondary N) is 1. The van der Waals surface area contributed by atoms with Crippen molar-refractivity contribution in [3.63, 3.8) is 0 Å². The summed E-state index contributed by atoms with van der Waals surface area (Å²) in [5.41, 5.74) is 0.993. The van der Waals surface area contributed by atoms with Gasteiger partial charge in [-0.15, -0.1) is 0 Å². The lowest BCUT2D eigenvalue weighted by atomic mass is 10.0. The first-order valence-electron chi connectivity index (χ1n) is 10.5. The molecule has 0 spiro atoms. The number of nitrogens with zero attached hydrogens (tertiary/aromatic N) is 3. The summed E-state index contributed by atoms with van der Waals surface area (Å²) >= 11 is 0. The third-order valence-electron chi connectivity index (χ3n) is 5.14. The number of benzene rings is 3. The molecule has 3 aromatic carbocycles. The van der Waals surface area contributed by atoms with E-state index in [0.717, 1.165) is 0 Å². The lowest BCUT2D eigenvalue weighted by Crippen LogP contribution is -2.42. The maximum atomic E-state index is 13.7. The molecule has 1 heterocycles. The number of amides is 2. The molecular weight excluding hydrogens is 454 g/mol. The number of methoxy groups -OCH3 is 1. The highest BCUT2D eigenvalue weighted by Crippen LogP contribution is 2.32. The van der Waals surface area contributed by atoms with Crippen LogP contribution in [0.1, 0.15) is 22.1 Å². The van der Waals surface area contributed by atoms with Crippen LogP contribution in [0.3, 0.4) is 0 Å². The largest absolute Gasteiger partial charge is 0.497 e. The van der Waals surface area contributed by atoms with Crippen molar-refractivity contribution in [2.75, 3.05) is 17.3 Å². The number of hydrogen-bond donors (Lipinski definition) is 1. The second-order valence-corrected chi connectivity index (χ2v) is 7.42. The van der Waals surface area contributed by atoms with Gasteiger partial charge in [-0.1, -0.05) is 18.2 Å². The molecule has 0 aliphatic heterocycles. The maximum absolute atomic E-state index is 13.7. The van der Waals surface area contributed by atoms with Crippen LogP contribution in [-0.4, -0.2) is 28.9 Å². The highest BCUT2D eigenvalue weighted by molar-refractivity contribution is 6.11. The average molecular weight is 474 g/mol. The Labute approximate surface area is 200 Å². The minimum Gasteiger partial charge on any atom is -0.497 e. The Kier molecular flexibility index (Phi) is 7.06. The lowest BCUT2D eigenvalue weighted by Gasteiger charge is -2.31. The van der Waals surface area contributed by atoms with Crippen LogP contribution < -0.4 is 15.0 Å². The molecule has 1 atom stereocenters. The van der Waals surface area contributed by atoms with Gasteiger partial charge in [-0.2, -0.15) is 0 Å². The van der Waals surface area contributed by atoms with Crippen LogP contribution in [0.15, 0.2) is 91.4 Å². The van der Waals surface area contributed by atoms with Gasteiger partial charge in [-0.3, -0.25) is 19.5 Å². The van der Waals surface area contributed by atoms with E-state index in [1.165, 1.54) is 79.1 Å². The van der Waals surface area contributed by atoms with E-state index in [9.17, 15) is 18.4 Å². The molecule has 0 radical (unpaired) electrons. The Bertz CT molecular complexity index is 1320. The van der Waals surface area contributed by atoms with Gasteiger partial charge in [0.15, 0.2) is 0 Å². The van der Waals surface area contributed by atoms with Crippen molar-refractivity contribution in [3.05, 3.63) is 114 Å². The van der Waals surface area contributed by atoms with Crippen LogP contribution >= 0.6 is 0 Å². The third-order valence-corrected chi connectivity index (χ3v) is 5.14. The van der Waals surface area contributed by atoms with E-state index in [2.05, 4.69) is 15.3 Å². The molecule has 4 rings (SSSR count). The van der Waals surface area contributed by atoms with E-state index in [1.807, 2.05) is 0 Å². The summed E-state index contributed by atoms with van der Waals surface area (Å²) < 4.78 is 32.4. The average Bonchev–Trinajstić information content (AvgIpc) is 2.89. The van der Waals surface area contributed by atoms with Crippen LogP contribution in [0.25, 0.3) is 0 Å².